The SMILES string of the molecule is COc1ccc(N)cc1S(=O)(=O)NCC(=O)NC(C)(C)C. The third-order valence-electron chi connectivity index (χ3n) is 2.41. The third-order valence-corrected chi connectivity index (χ3v) is 3.84. The summed E-state index contributed by atoms with van der Waals surface area (Å²) in [6.07, 6.45) is 0. The molecule has 0 fully saturated rings. The number of nitrogens with two attached hydrogens (primary N) is 1. The molecule has 0 atom stereocenters. The molecule has 0 aromatic heterocycles. The lowest BCUT2D eigenvalue weighted by atomic mass is 10.1. The number of hydrogen-bond donors (Lipinski definition) is 3. The first-order valence-electron chi connectivity index (χ1n) is 6.29. The van der Waals surface area contributed by atoms with Crippen LogP contribution in [-0.2, 0) is 14.8 Å². The van der Waals surface area contributed by atoms with Crippen LogP contribution in [0.4, 0.5) is 5.69 Å². The van der Waals surface area contributed by atoms with Gasteiger partial charge in [0.15, 0.2) is 0 Å². The third kappa shape index (κ3) is 5.24. The van der Waals surface area contributed by atoms with Gasteiger partial charge in [-0.2, -0.15) is 0 Å². The quantitative estimate of drug-likeness (QED) is 0.684. The van der Waals surface area contributed by atoms with Gasteiger partial charge in [0.05, 0.1) is 13.7 Å². The molecule has 0 saturated heterocycles. The zero-order valence-electron chi connectivity index (χ0n) is 12.6. The van der Waals surface area contributed by atoms with Gasteiger partial charge >= 0.3 is 0 Å². The number of benzene rings is 1. The maximum absolute atomic E-state index is 12.2. The molecule has 7 nitrogen and oxygen atoms in total. The average Bonchev–Trinajstić information content (AvgIpc) is 2.34. The summed E-state index contributed by atoms with van der Waals surface area (Å²) in [5, 5.41) is 2.66. The molecule has 0 heterocycles. The Labute approximate surface area is 124 Å². The molecule has 0 aliphatic heterocycles. The highest BCUT2D eigenvalue weighted by Crippen LogP contribution is 2.25. The van der Waals surface area contributed by atoms with E-state index in [2.05, 4.69) is 10.0 Å². The van der Waals surface area contributed by atoms with E-state index in [-0.39, 0.29) is 22.9 Å². The predicted octanol–water partition coefficient (Wildman–Crippen LogP) is 0.470. The number of anilines is 1. The molecule has 1 aromatic carbocycles. The van der Waals surface area contributed by atoms with Crippen LogP contribution in [0, 0.1) is 0 Å². The van der Waals surface area contributed by atoms with Gasteiger partial charge in [0.2, 0.25) is 15.9 Å². The van der Waals surface area contributed by atoms with E-state index in [1.807, 2.05) is 0 Å². The van der Waals surface area contributed by atoms with Crippen LogP contribution in [0.1, 0.15) is 20.8 Å². The minimum absolute atomic E-state index is 0.103. The van der Waals surface area contributed by atoms with E-state index in [4.69, 9.17) is 10.5 Å². The minimum atomic E-state index is -3.89. The van der Waals surface area contributed by atoms with Crippen LogP contribution < -0.4 is 20.5 Å². The fourth-order valence-electron chi connectivity index (χ4n) is 1.60. The normalized spacial score (nSPS) is 12.0. The zero-order valence-corrected chi connectivity index (χ0v) is 13.4. The summed E-state index contributed by atoms with van der Waals surface area (Å²) in [7, 11) is -2.53. The molecular weight excluding hydrogens is 294 g/mol. The zero-order chi connectivity index (χ0) is 16.3. The first kappa shape index (κ1) is 17.3. The Kier molecular flexibility index (Phi) is 5.19. The first-order chi connectivity index (χ1) is 9.55. The topological polar surface area (TPSA) is 111 Å². The van der Waals surface area contributed by atoms with Gasteiger partial charge in [-0.15, -0.1) is 0 Å². The highest BCUT2D eigenvalue weighted by Gasteiger charge is 2.22. The van der Waals surface area contributed by atoms with Crippen LogP contribution in [0.2, 0.25) is 0 Å². The number of methoxy groups -OCH3 is 1. The molecule has 0 unspecified atom stereocenters. The van der Waals surface area contributed by atoms with Crippen molar-refractivity contribution in [3.63, 3.8) is 0 Å². The van der Waals surface area contributed by atoms with E-state index in [1.165, 1.54) is 25.3 Å². The largest absolute Gasteiger partial charge is 0.495 e. The van der Waals surface area contributed by atoms with Crippen molar-refractivity contribution < 1.29 is 17.9 Å². The number of ether oxygens (including phenoxy) is 1. The summed E-state index contributed by atoms with van der Waals surface area (Å²) in [6.45, 7) is 5.05. The molecule has 4 N–H and O–H groups in total. The van der Waals surface area contributed by atoms with Crippen molar-refractivity contribution in [3.05, 3.63) is 18.2 Å². The number of carbonyl (C=O) groups excluding carboxylic acids is 1. The van der Waals surface area contributed by atoms with Crippen LogP contribution in [0.15, 0.2) is 23.1 Å². The van der Waals surface area contributed by atoms with Crippen molar-refractivity contribution in [1.29, 1.82) is 0 Å². The van der Waals surface area contributed by atoms with E-state index in [1.54, 1.807) is 20.8 Å². The van der Waals surface area contributed by atoms with E-state index >= 15 is 0 Å². The van der Waals surface area contributed by atoms with E-state index < -0.39 is 21.5 Å². The molecule has 21 heavy (non-hydrogen) atoms. The maximum Gasteiger partial charge on any atom is 0.244 e. The first-order valence-corrected chi connectivity index (χ1v) is 7.78. The number of carbonyl (C=O) groups is 1. The molecule has 1 aromatic rings. The molecular formula is C13H21N3O4S. The number of amides is 1. The van der Waals surface area contributed by atoms with Gasteiger partial charge in [-0.3, -0.25) is 4.79 Å². The van der Waals surface area contributed by atoms with Crippen molar-refractivity contribution in [2.24, 2.45) is 0 Å². The highest BCUT2D eigenvalue weighted by molar-refractivity contribution is 7.89. The van der Waals surface area contributed by atoms with Crippen molar-refractivity contribution >= 4 is 21.6 Å². The maximum atomic E-state index is 12.2. The number of rotatable bonds is 5. The van der Waals surface area contributed by atoms with E-state index in [0.29, 0.717) is 0 Å². The van der Waals surface area contributed by atoms with Crippen molar-refractivity contribution in [3.8, 4) is 5.75 Å². The lowest BCUT2D eigenvalue weighted by Gasteiger charge is -2.20. The van der Waals surface area contributed by atoms with Crippen LogP contribution in [0.25, 0.3) is 0 Å². The van der Waals surface area contributed by atoms with Crippen molar-refractivity contribution in [2.45, 2.75) is 31.2 Å². The van der Waals surface area contributed by atoms with E-state index in [0.717, 1.165) is 0 Å². The Morgan fingerprint density at radius 2 is 1.95 bits per heavy atom. The van der Waals surface area contributed by atoms with Gasteiger partial charge in [0.25, 0.3) is 0 Å². The molecule has 0 radical (unpaired) electrons. The number of nitrogens with one attached hydrogen (secondary N) is 2. The predicted molar refractivity (Wildman–Crippen MR) is 80.5 cm³/mol. The molecule has 1 amide bonds. The minimum Gasteiger partial charge on any atom is -0.495 e. The monoisotopic (exact) mass is 315 g/mol. The van der Waals surface area contributed by atoms with Gasteiger partial charge in [0.1, 0.15) is 10.6 Å². The van der Waals surface area contributed by atoms with Gasteiger partial charge in [-0.25, -0.2) is 13.1 Å². The molecule has 0 aliphatic rings. The molecule has 0 saturated carbocycles. The summed E-state index contributed by atoms with van der Waals surface area (Å²) < 4.78 is 31.6. The Bertz CT molecular complexity index is 621. The summed E-state index contributed by atoms with van der Waals surface area (Å²) in [5.41, 5.74) is 5.45. The summed E-state index contributed by atoms with van der Waals surface area (Å²) in [4.78, 5) is 11.6. The van der Waals surface area contributed by atoms with Crippen molar-refractivity contribution in [2.75, 3.05) is 19.4 Å². The lowest BCUT2D eigenvalue weighted by Crippen LogP contribution is -2.45. The van der Waals surface area contributed by atoms with Crippen molar-refractivity contribution in [1.82, 2.24) is 10.0 Å². The molecule has 8 heteroatoms. The second-order valence-electron chi connectivity index (χ2n) is 5.53. The van der Waals surface area contributed by atoms with Crippen LogP contribution in [-0.4, -0.2) is 33.5 Å². The number of nitrogen functional groups attached to an aromatic ring is 1. The average molecular weight is 315 g/mol. The molecule has 0 spiro atoms. The van der Waals surface area contributed by atoms with Crippen LogP contribution in [0.3, 0.4) is 0 Å². The smallest absolute Gasteiger partial charge is 0.244 e. The standard InChI is InChI=1S/C13H21N3O4S/c1-13(2,3)16-12(17)8-15-21(18,19)11-7-9(14)5-6-10(11)20-4/h5-7,15H,8,14H2,1-4H3,(H,16,17). The fraction of sp³-hybridized carbons (Fsp3) is 0.462. The van der Waals surface area contributed by atoms with Gasteiger partial charge in [0, 0.05) is 11.2 Å². The van der Waals surface area contributed by atoms with Gasteiger partial charge in [-0.1, -0.05) is 0 Å². The van der Waals surface area contributed by atoms with E-state index in [9.17, 15) is 13.2 Å². The molecule has 0 bridgehead atoms. The molecule has 0 aliphatic carbocycles. The highest BCUT2D eigenvalue weighted by atomic mass is 32.2. The summed E-state index contributed by atoms with van der Waals surface area (Å²) in [6, 6.07) is 4.27. The van der Waals surface area contributed by atoms with Crippen LogP contribution >= 0.6 is 0 Å². The Morgan fingerprint density at radius 1 is 1.33 bits per heavy atom. The second kappa shape index (κ2) is 6.31. The number of sulfonamides is 1. The van der Waals surface area contributed by atoms with Gasteiger partial charge in [-0.05, 0) is 39.0 Å². The lowest BCUT2D eigenvalue weighted by molar-refractivity contribution is -0.121. The number of hydrogen-bond acceptors (Lipinski definition) is 5. The summed E-state index contributed by atoms with van der Waals surface area (Å²) in [5.74, 6) is -0.262. The second-order valence-corrected chi connectivity index (χ2v) is 7.27. The molecule has 1 rings (SSSR count). The van der Waals surface area contributed by atoms with Crippen LogP contribution in [0.5, 0.6) is 5.75 Å². The molecule has 118 valence electrons. The Balaban J connectivity index is 2.88. The fourth-order valence-corrected chi connectivity index (χ4v) is 2.79. The Morgan fingerprint density at radius 3 is 2.48 bits per heavy atom. The van der Waals surface area contributed by atoms with Gasteiger partial charge < -0.3 is 15.8 Å². The Hall–Kier alpha value is -1.80. The summed E-state index contributed by atoms with van der Waals surface area (Å²) >= 11 is 0.